The third-order valence-corrected chi connectivity index (χ3v) is 5.26. The maximum atomic E-state index is 13.7. The number of carboxylic acid groups (broad SMARTS) is 1. The van der Waals surface area contributed by atoms with Gasteiger partial charge in [0, 0.05) is 13.1 Å². The number of carboxylic acids is 1. The molecular weight excluding hydrogens is 287 g/mol. The van der Waals surface area contributed by atoms with Crippen LogP contribution in [0.25, 0.3) is 0 Å². The quantitative estimate of drug-likeness (QED) is 0.843. The van der Waals surface area contributed by atoms with Crippen molar-refractivity contribution >= 4 is 16.0 Å². The van der Waals surface area contributed by atoms with Gasteiger partial charge in [0.25, 0.3) is 0 Å². The van der Waals surface area contributed by atoms with Gasteiger partial charge in [0.05, 0.1) is 5.56 Å². The number of nitrogens with two attached hydrogens (primary N) is 1. The molecule has 0 saturated carbocycles. The fourth-order valence-electron chi connectivity index (χ4n) is 2.18. The molecule has 1 aliphatic heterocycles. The lowest BCUT2D eigenvalue weighted by Gasteiger charge is -2.17. The van der Waals surface area contributed by atoms with Gasteiger partial charge in [-0.05, 0) is 37.1 Å². The smallest absolute Gasteiger partial charge is 0.335 e. The zero-order valence-electron chi connectivity index (χ0n) is 10.6. The van der Waals surface area contributed by atoms with Crippen molar-refractivity contribution in [2.24, 2.45) is 11.7 Å². The number of benzene rings is 1. The van der Waals surface area contributed by atoms with Crippen LogP contribution in [-0.4, -0.2) is 43.4 Å². The van der Waals surface area contributed by atoms with Gasteiger partial charge in [0.2, 0.25) is 10.0 Å². The van der Waals surface area contributed by atoms with Gasteiger partial charge < -0.3 is 10.8 Å². The first-order valence-corrected chi connectivity index (χ1v) is 7.53. The van der Waals surface area contributed by atoms with Crippen LogP contribution in [0.3, 0.4) is 0 Å². The summed E-state index contributed by atoms with van der Waals surface area (Å²) in [5, 5.41) is 8.86. The van der Waals surface area contributed by atoms with E-state index in [0.29, 0.717) is 13.0 Å². The largest absolute Gasteiger partial charge is 0.478 e. The first kappa shape index (κ1) is 14.9. The van der Waals surface area contributed by atoms with Crippen LogP contribution in [0.1, 0.15) is 16.8 Å². The van der Waals surface area contributed by atoms with Crippen molar-refractivity contribution in [2.45, 2.75) is 11.3 Å². The zero-order valence-corrected chi connectivity index (χ0v) is 11.4. The molecule has 1 saturated heterocycles. The fraction of sp³-hybridized carbons (Fsp3) is 0.417. The second-order valence-corrected chi connectivity index (χ2v) is 6.61. The van der Waals surface area contributed by atoms with E-state index in [-0.39, 0.29) is 24.6 Å². The third-order valence-electron chi connectivity index (χ3n) is 3.38. The van der Waals surface area contributed by atoms with Crippen molar-refractivity contribution in [3.63, 3.8) is 0 Å². The average molecular weight is 302 g/mol. The van der Waals surface area contributed by atoms with Crippen molar-refractivity contribution in [1.82, 2.24) is 4.31 Å². The van der Waals surface area contributed by atoms with Crippen molar-refractivity contribution < 1.29 is 22.7 Å². The number of nitrogens with zero attached hydrogens (tertiary/aromatic N) is 1. The van der Waals surface area contributed by atoms with Crippen molar-refractivity contribution in [3.8, 4) is 0 Å². The number of hydrogen-bond donors (Lipinski definition) is 2. The molecule has 2 rings (SSSR count). The van der Waals surface area contributed by atoms with Crippen molar-refractivity contribution in [3.05, 3.63) is 29.6 Å². The Labute approximate surface area is 116 Å². The van der Waals surface area contributed by atoms with E-state index in [9.17, 15) is 17.6 Å². The number of carbonyl (C=O) groups is 1. The summed E-state index contributed by atoms with van der Waals surface area (Å²) in [6.07, 6.45) is 0.621. The predicted octanol–water partition coefficient (Wildman–Crippen LogP) is 0.493. The highest BCUT2D eigenvalue weighted by molar-refractivity contribution is 7.89. The Hall–Kier alpha value is -1.51. The number of rotatable bonds is 4. The molecule has 3 N–H and O–H groups in total. The van der Waals surface area contributed by atoms with E-state index in [2.05, 4.69) is 0 Å². The Balaban J connectivity index is 2.39. The molecular formula is C12H15FN2O4S. The van der Waals surface area contributed by atoms with Gasteiger partial charge >= 0.3 is 5.97 Å². The summed E-state index contributed by atoms with van der Waals surface area (Å²) in [7, 11) is -4.03. The van der Waals surface area contributed by atoms with Crippen LogP contribution >= 0.6 is 0 Å². The molecule has 1 unspecified atom stereocenters. The van der Waals surface area contributed by atoms with E-state index in [1.54, 1.807) is 0 Å². The molecule has 1 fully saturated rings. The standard InChI is InChI=1S/C12H15FN2O4S/c13-10-2-1-9(12(16)17)5-11(10)20(18,19)15-4-3-8(6-14)7-15/h1-2,5,8H,3-4,6-7,14H2,(H,16,17). The summed E-state index contributed by atoms with van der Waals surface area (Å²) < 4.78 is 39.6. The molecule has 0 bridgehead atoms. The van der Waals surface area contributed by atoms with Crippen LogP contribution in [0.4, 0.5) is 4.39 Å². The number of halogens is 1. The minimum absolute atomic E-state index is 0.0514. The highest BCUT2D eigenvalue weighted by Crippen LogP contribution is 2.26. The molecule has 1 aliphatic rings. The summed E-state index contributed by atoms with van der Waals surface area (Å²) in [5.74, 6) is -2.20. The summed E-state index contributed by atoms with van der Waals surface area (Å²) in [4.78, 5) is 10.3. The van der Waals surface area contributed by atoms with E-state index in [1.165, 1.54) is 0 Å². The average Bonchev–Trinajstić information content (AvgIpc) is 2.88. The Kier molecular flexibility index (Phi) is 4.07. The Morgan fingerprint density at radius 1 is 1.50 bits per heavy atom. The molecule has 0 radical (unpaired) electrons. The second-order valence-electron chi connectivity index (χ2n) is 4.70. The lowest BCUT2D eigenvalue weighted by molar-refractivity contribution is 0.0696. The van der Waals surface area contributed by atoms with Gasteiger partial charge in [-0.15, -0.1) is 0 Å². The van der Waals surface area contributed by atoms with Gasteiger partial charge in [-0.25, -0.2) is 17.6 Å². The minimum Gasteiger partial charge on any atom is -0.478 e. The fourth-order valence-corrected chi connectivity index (χ4v) is 3.80. The molecule has 6 nitrogen and oxygen atoms in total. The molecule has 0 amide bonds. The van der Waals surface area contributed by atoms with E-state index < -0.39 is 26.7 Å². The molecule has 1 heterocycles. The van der Waals surface area contributed by atoms with E-state index in [0.717, 1.165) is 22.5 Å². The van der Waals surface area contributed by atoms with E-state index in [1.807, 2.05) is 0 Å². The molecule has 1 aromatic carbocycles. The summed E-state index contributed by atoms with van der Waals surface area (Å²) in [6.45, 7) is 0.861. The first-order chi connectivity index (χ1) is 9.36. The lowest BCUT2D eigenvalue weighted by atomic mass is 10.1. The maximum Gasteiger partial charge on any atom is 0.335 e. The van der Waals surface area contributed by atoms with E-state index >= 15 is 0 Å². The Morgan fingerprint density at radius 2 is 2.20 bits per heavy atom. The van der Waals surface area contributed by atoms with Crippen molar-refractivity contribution in [2.75, 3.05) is 19.6 Å². The molecule has 20 heavy (non-hydrogen) atoms. The summed E-state index contributed by atoms with van der Waals surface area (Å²) in [5.41, 5.74) is 5.23. The highest BCUT2D eigenvalue weighted by Gasteiger charge is 2.34. The van der Waals surface area contributed by atoms with Crippen LogP contribution in [0.5, 0.6) is 0 Å². The van der Waals surface area contributed by atoms with Gasteiger partial charge in [-0.3, -0.25) is 0 Å². The van der Waals surface area contributed by atoms with Gasteiger partial charge in [-0.2, -0.15) is 4.31 Å². The number of aromatic carboxylic acids is 1. The minimum atomic E-state index is -4.03. The molecule has 110 valence electrons. The monoisotopic (exact) mass is 302 g/mol. The molecule has 1 aromatic rings. The second kappa shape index (κ2) is 5.47. The number of sulfonamides is 1. The predicted molar refractivity (Wildman–Crippen MR) is 69.3 cm³/mol. The third kappa shape index (κ3) is 2.67. The topological polar surface area (TPSA) is 101 Å². The van der Waals surface area contributed by atoms with Crippen molar-refractivity contribution in [1.29, 1.82) is 0 Å². The summed E-state index contributed by atoms with van der Waals surface area (Å²) in [6, 6.07) is 2.74. The molecule has 0 aromatic heterocycles. The van der Waals surface area contributed by atoms with Gasteiger partial charge in [0.1, 0.15) is 10.7 Å². The molecule has 1 atom stereocenters. The van der Waals surface area contributed by atoms with Crippen LogP contribution in [0.2, 0.25) is 0 Å². The van der Waals surface area contributed by atoms with Crippen LogP contribution in [-0.2, 0) is 10.0 Å². The van der Waals surface area contributed by atoms with Crippen LogP contribution < -0.4 is 5.73 Å². The zero-order chi connectivity index (χ0) is 14.9. The Bertz CT molecular complexity index is 632. The highest BCUT2D eigenvalue weighted by atomic mass is 32.2. The maximum absolute atomic E-state index is 13.7. The molecule has 0 aliphatic carbocycles. The van der Waals surface area contributed by atoms with E-state index in [4.69, 9.17) is 10.8 Å². The summed E-state index contributed by atoms with van der Waals surface area (Å²) >= 11 is 0. The first-order valence-electron chi connectivity index (χ1n) is 6.09. The number of hydrogen-bond acceptors (Lipinski definition) is 4. The lowest BCUT2D eigenvalue weighted by Crippen LogP contribution is -2.30. The molecule has 8 heteroatoms. The van der Waals surface area contributed by atoms with Crippen LogP contribution in [0, 0.1) is 11.7 Å². The Morgan fingerprint density at radius 3 is 2.75 bits per heavy atom. The van der Waals surface area contributed by atoms with Gasteiger partial charge in [0.15, 0.2) is 0 Å². The molecule has 0 spiro atoms. The normalized spacial score (nSPS) is 20.2. The SMILES string of the molecule is NCC1CCN(S(=O)(=O)c2cc(C(=O)O)ccc2F)C1. The van der Waals surface area contributed by atoms with Crippen LogP contribution in [0.15, 0.2) is 23.1 Å². The van der Waals surface area contributed by atoms with Gasteiger partial charge in [-0.1, -0.05) is 0 Å².